The Morgan fingerprint density at radius 2 is 1.67 bits per heavy atom. The molecule has 2 aromatic carbocycles. The van der Waals surface area contributed by atoms with Crippen LogP contribution in [0.15, 0.2) is 53.4 Å². The molecule has 0 saturated heterocycles. The van der Waals surface area contributed by atoms with Crippen LogP contribution in [0.4, 0.5) is 5.95 Å². The number of nitrogens with zero attached hydrogens (tertiary/aromatic N) is 2. The number of ether oxygens (including phenoxy) is 1. The van der Waals surface area contributed by atoms with Crippen LogP contribution in [0.2, 0.25) is 0 Å². The summed E-state index contributed by atoms with van der Waals surface area (Å²) < 4.78 is 34.4. The van der Waals surface area contributed by atoms with Crippen LogP contribution in [-0.4, -0.2) is 31.0 Å². The normalized spacial score (nSPS) is 12.6. The lowest BCUT2D eigenvalue weighted by molar-refractivity contribution is 0.262. The van der Waals surface area contributed by atoms with Gasteiger partial charge in [0.05, 0.1) is 10.6 Å². The summed E-state index contributed by atoms with van der Waals surface area (Å²) in [6, 6.07) is 14.2. The molecule has 3 N–H and O–H groups in total. The van der Waals surface area contributed by atoms with Crippen molar-refractivity contribution in [3.05, 3.63) is 65.2 Å². The van der Waals surface area contributed by atoms with Gasteiger partial charge in [-0.15, -0.1) is 0 Å². The second-order valence-corrected chi connectivity index (χ2v) is 10.5. The van der Waals surface area contributed by atoms with Crippen LogP contribution in [0.5, 0.6) is 5.88 Å². The van der Waals surface area contributed by atoms with Crippen LogP contribution in [0.3, 0.4) is 0 Å². The fourth-order valence-electron chi connectivity index (χ4n) is 3.72. The van der Waals surface area contributed by atoms with Gasteiger partial charge < -0.3 is 10.5 Å². The maximum absolute atomic E-state index is 13.0. The lowest BCUT2D eigenvalue weighted by Gasteiger charge is -2.17. The van der Waals surface area contributed by atoms with Gasteiger partial charge in [-0.1, -0.05) is 44.2 Å². The Balaban J connectivity index is 2.00. The zero-order valence-electron chi connectivity index (χ0n) is 19.8. The van der Waals surface area contributed by atoms with Crippen LogP contribution in [0, 0.1) is 26.7 Å². The van der Waals surface area contributed by atoms with Crippen molar-refractivity contribution in [1.29, 1.82) is 0 Å². The summed E-state index contributed by atoms with van der Waals surface area (Å²) in [6.07, 6.45) is 0.807. The average Bonchev–Trinajstić information content (AvgIpc) is 2.71. The van der Waals surface area contributed by atoms with Crippen molar-refractivity contribution in [2.75, 3.05) is 11.3 Å². The topological polar surface area (TPSA) is 107 Å². The first kappa shape index (κ1) is 24.7. The first-order valence-electron chi connectivity index (χ1n) is 11.0. The number of nitrogens with two attached hydrogens (primary N) is 1. The zero-order chi connectivity index (χ0) is 24.2. The molecular formula is C25H32N4O3S. The van der Waals surface area contributed by atoms with Gasteiger partial charge in [0.25, 0.3) is 10.0 Å². The van der Waals surface area contributed by atoms with Crippen LogP contribution >= 0.6 is 0 Å². The third kappa shape index (κ3) is 6.52. The predicted molar refractivity (Wildman–Crippen MR) is 132 cm³/mol. The highest BCUT2D eigenvalue weighted by Gasteiger charge is 2.19. The smallest absolute Gasteiger partial charge is 0.264 e. The Morgan fingerprint density at radius 1 is 1.00 bits per heavy atom. The first-order chi connectivity index (χ1) is 15.5. The van der Waals surface area contributed by atoms with Crippen LogP contribution < -0.4 is 15.2 Å². The van der Waals surface area contributed by atoms with Crippen molar-refractivity contribution >= 4 is 16.0 Å². The molecule has 0 spiro atoms. The van der Waals surface area contributed by atoms with Gasteiger partial charge in [-0.25, -0.2) is 18.1 Å². The van der Waals surface area contributed by atoms with E-state index in [1.54, 1.807) is 18.2 Å². The highest BCUT2D eigenvalue weighted by molar-refractivity contribution is 7.92. The summed E-state index contributed by atoms with van der Waals surface area (Å²) in [7, 11) is -3.87. The quantitative estimate of drug-likeness (QED) is 0.474. The van der Waals surface area contributed by atoms with Crippen LogP contribution in [0.1, 0.15) is 37.0 Å². The van der Waals surface area contributed by atoms with Gasteiger partial charge >= 0.3 is 0 Å². The van der Waals surface area contributed by atoms with Gasteiger partial charge in [0, 0.05) is 17.7 Å². The molecule has 0 aliphatic carbocycles. The number of benzene rings is 2. The SMILES string of the molecule is Cc1cccc(S(=O)(=O)Nc2nc(OC[C@H](N)CC(C)C)cc(-c3c(C)cccc3C)n2)c1. The number of rotatable bonds is 9. The minimum absolute atomic E-state index is 0.0518. The molecule has 0 saturated carbocycles. The maximum atomic E-state index is 13.0. The predicted octanol–water partition coefficient (Wildman–Crippen LogP) is 4.62. The van der Waals surface area contributed by atoms with Crippen molar-refractivity contribution in [3.8, 4) is 17.1 Å². The molecule has 3 rings (SSSR count). The summed E-state index contributed by atoms with van der Waals surface area (Å²) in [6.45, 7) is 10.3. The number of aromatic nitrogens is 2. The number of aryl methyl sites for hydroxylation is 3. The Morgan fingerprint density at radius 3 is 2.30 bits per heavy atom. The first-order valence-corrected chi connectivity index (χ1v) is 12.5. The second kappa shape index (κ2) is 10.3. The van der Waals surface area contributed by atoms with Gasteiger partial charge in [0.2, 0.25) is 11.8 Å². The standard InChI is InChI=1S/C25H32N4O3S/c1-16(2)12-20(26)15-32-23-14-22(24-18(4)9-7-10-19(24)5)27-25(28-23)29-33(30,31)21-11-6-8-17(3)13-21/h6-11,13-14,16,20H,12,15,26H2,1-5H3,(H,27,28,29)/t20-/m1/s1. The monoisotopic (exact) mass is 468 g/mol. The van der Waals surface area contributed by atoms with Gasteiger partial charge in [-0.05, 0) is 61.9 Å². The van der Waals surface area contributed by atoms with Crippen LogP contribution in [0.25, 0.3) is 11.3 Å². The average molecular weight is 469 g/mol. The fourth-order valence-corrected chi connectivity index (χ4v) is 4.77. The summed E-state index contributed by atoms with van der Waals surface area (Å²) in [5.74, 6) is 0.656. The van der Waals surface area contributed by atoms with E-state index in [2.05, 4.69) is 28.5 Å². The number of sulfonamides is 1. The number of hydrogen-bond acceptors (Lipinski definition) is 6. The Labute approximate surface area is 196 Å². The van der Waals surface area contributed by atoms with E-state index in [9.17, 15) is 8.42 Å². The lowest BCUT2D eigenvalue weighted by Crippen LogP contribution is -2.29. The molecule has 0 aliphatic heterocycles. The molecule has 1 aromatic heterocycles. The molecule has 0 unspecified atom stereocenters. The molecule has 1 heterocycles. The largest absolute Gasteiger partial charge is 0.476 e. The minimum Gasteiger partial charge on any atom is -0.476 e. The number of anilines is 1. The van der Waals surface area contributed by atoms with Gasteiger partial charge in [0.1, 0.15) is 6.61 Å². The highest BCUT2D eigenvalue weighted by atomic mass is 32.2. The molecule has 0 radical (unpaired) electrons. The maximum Gasteiger partial charge on any atom is 0.264 e. The van der Waals surface area contributed by atoms with E-state index in [-0.39, 0.29) is 29.4 Å². The molecule has 1 atom stereocenters. The molecule has 33 heavy (non-hydrogen) atoms. The van der Waals surface area contributed by atoms with Gasteiger partial charge in [0.15, 0.2) is 0 Å². The third-order valence-corrected chi connectivity index (χ3v) is 6.51. The van der Waals surface area contributed by atoms with E-state index >= 15 is 0 Å². The van der Waals surface area contributed by atoms with E-state index in [1.807, 2.05) is 45.0 Å². The van der Waals surface area contributed by atoms with Crippen molar-refractivity contribution < 1.29 is 13.2 Å². The zero-order valence-corrected chi connectivity index (χ0v) is 20.6. The summed E-state index contributed by atoms with van der Waals surface area (Å²) >= 11 is 0. The van der Waals surface area contributed by atoms with E-state index in [0.717, 1.165) is 28.7 Å². The summed E-state index contributed by atoms with van der Waals surface area (Å²) in [5.41, 5.74) is 10.5. The molecule has 7 nitrogen and oxygen atoms in total. The Kier molecular flexibility index (Phi) is 7.71. The molecule has 0 bridgehead atoms. The van der Waals surface area contributed by atoms with Crippen LogP contribution in [-0.2, 0) is 10.0 Å². The molecule has 8 heteroatoms. The van der Waals surface area contributed by atoms with E-state index in [4.69, 9.17) is 10.5 Å². The Hall–Kier alpha value is -2.97. The van der Waals surface area contributed by atoms with Gasteiger partial charge in [-0.2, -0.15) is 4.98 Å². The fraction of sp³-hybridized carbons (Fsp3) is 0.360. The minimum atomic E-state index is -3.87. The van der Waals surface area contributed by atoms with Crippen molar-refractivity contribution in [3.63, 3.8) is 0 Å². The molecule has 0 aliphatic rings. The third-order valence-electron chi connectivity index (χ3n) is 5.18. The highest BCUT2D eigenvalue weighted by Crippen LogP contribution is 2.29. The van der Waals surface area contributed by atoms with Crippen molar-refractivity contribution in [2.24, 2.45) is 11.7 Å². The molecule has 176 valence electrons. The summed E-state index contributed by atoms with van der Waals surface area (Å²) in [4.78, 5) is 8.99. The number of hydrogen-bond donors (Lipinski definition) is 2. The molecule has 0 amide bonds. The Bertz CT molecular complexity index is 1210. The van der Waals surface area contributed by atoms with E-state index < -0.39 is 10.0 Å². The molecular weight excluding hydrogens is 436 g/mol. The number of nitrogens with one attached hydrogen (secondary N) is 1. The lowest BCUT2D eigenvalue weighted by atomic mass is 10.00. The molecule has 0 fully saturated rings. The van der Waals surface area contributed by atoms with Crippen molar-refractivity contribution in [1.82, 2.24) is 9.97 Å². The van der Waals surface area contributed by atoms with E-state index in [0.29, 0.717) is 11.6 Å². The summed E-state index contributed by atoms with van der Waals surface area (Å²) in [5, 5.41) is 0. The second-order valence-electron chi connectivity index (χ2n) is 8.80. The molecule has 3 aromatic rings. The van der Waals surface area contributed by atoms with E-state index in [1.165, 1.54) is 6.07 Å². The van der Waals surface area contributed by atoms with Gasteiger partial charge in [-0.3, -0.25) is 0 Å². The van der Waals surface area contributed by atoms with Crippen molar-refractivity contribution in [2.45, 2.75) is 52.0 Å².